The number of anilines is 2. The lowest BCUT2D eigenvalue weighted by atomic mass is 9.84. The Morgan fingerprint density at radius 2 is 1.87 bits per heavy atom. The maximum absolute atomic E-state index is 14.6. The van der Waals surface area contributed by atoms with Crippen molar-refractivity contribution in [3.8, 4) is 11.3 Å². The maximum Gasteiger partial charge on any atom is 0.265 e. The van der Waals surface area contributed by atoms with Crippen LogP contribution in [0.5, 0.6) is 0 Å². The van der Waals surface area contributed by atoms with Gasteiger partial charge in [0, 0.05) is 18.7 Å². The van der Waals surface area contributed by atoms with Gasteiger partial charge < -0.3 is 26.0 Å². The van der Waals surface area contributed by atoms with Crippen molar-refractivity contribution < 1.29 is 27.1 Å². The molecule has 3 aromatic heterocycles. The van der Waals surface area contributed by atoms with Gasteiger partial charge in [-0.1, -0.05) is 0 Å². The van der Waals surface area contributed by atoms with E-state index in [0.29, 0.717) is 35.4 Å². The first-order valence-corrected chi connectivity index (χ1v) is 11.6. The zero-order chi connectivity index (χ0) is 27.2. The average molecular weight is 534 g/mol. The van der Waals surface area contributed by atoms with Crippen LogP contribution in [0, 0.1) is 17.5 Å². The van der Waals surface area contributed by atoms with Gasteiger partial charge in [-0.15, -0.1) is 0 Å². The summed E-state index contributed by atoms with van der Waals surface area (Å²) in [6.45, 7) is 0.405. The van der Waals surface area contributed by atoms with E-state index in [2.05, 4.69) is 19.9 Å². The van der Waals surface area contributed by atoms with Crippen molar-refractivity contribution in [2.24, 2.45) is 5.73 Å². The van der Waals surface area contributed by atoms with Crippen molar-refractivity contribution in [3.63, 3.8) is 0 Å². The molecule has 1 fully saturated rings. The number of piperidine rings is 1. The summed E-state index contributed by atoms with van der Waals surface area (Å²) >= 11 is 0. The highest BCUT2D eigenvalue weighted by molar-refractivity contribution is 5.81. The van der Waals surface area contributed by atoms with Gasteiger partial charge in [0.2, 0.25) is 0 Å². The third kappa shape index (κ3) is 4.49. The molecule has 0 spiro atoms. The second-order valence-corrected chi connectivity index (χ2v) is 9.26. The Morgan fingerprint density at radius 3 is 2.63 bits per heavy atom. The third-order valence-electron chi connectivity index (χ3n) is 6.77. The molecule has 0 bridgehead atoms. The number of nitrogens with zero attached hydrogens (tertiary/aromatic N) is 6. The van der Waals surface area contributed by atoms with E-state index >= 15 is 0 Å². The van der Waals surface area contributed by atoms with Crippen LogP contribution < -0.4 is 16.4 Å². The summed E-state index contributed by atoms with van der Waals surface area (Å²) < 4.78 is 70.5. The standard InChI is InChI=1S/C24H23F5N8O/c25-14-3-2-13(17(26)18(14)27)15-6-12(8-37-11-35-19-22(30)33-10-34-23(19)37)16(7-32-15)36-5-1-4-24(31,9-36)20(38)21(28)29/h2-3,6-7,10-11,20-21,38H,1,4-5,8-9,31H2,(H2,30,33,34)/t20-,24?/m1/s1. The van der Waals surface area contributed by atoms with Crippen LogP contribution in [0.2, 0.25) is 0 Å². The monoisotopic (exact) mass is 534 g/mol. The van der Waals surface area contributed by atoms with Crippen molar-refractivity contribution in [1.29, 1.82) is 0 Å². The largest absolute Gasteiger partial charge is 0.385 e. The zero-order valence-corrected chi connectivity index (χ0v) is 19.8. The topological polar surface area (TPSA) is 132 Å². The van der Waals surface area contributed by atoms with Crippen LogP contribution in [-0.4, -0.2) is 60.8 Å². The first-order chi connectivity index (χ1) is 18.1. The van der Waals surface area contributed by atoms with Crippen molar-refractivity contribution in [2.45, 2.75) is 37.5 Å². The molecule has 2 atom stereocenters. The van der Waals surface area contributed by atoms with E-state index in [-0.39, 0.29) is 36.6 Å². The number of fused-ring (bicyclic) bond motifs is 1. The van der Waals surface area contributed by atoms with Crippen molar-refractivity contribution in [3.05, 3.63) is 60.1 Å². The summed E-state index contributed by atoms with van der Waals surface area (Å²) in [5.74, 6) is -4.20. The van der Waals surface area contributed by atoms with Crippen LogP contribution in [0.4, 0.5) is 33.5 Å². The predicted octanol–water partition coefficient (Wildman–Crippen LogP) is 2.86. The number of imidazole rings is 1. The van der Waals surface area contributed by atoms with Gasteiger partial charge in [0.05, 0.1) is 36.0 Å². The second-order valence-electron chi connectivity index (χ2n) is 9.26. The van der Waals surface area contributed by atoms with E-state index in [1.54, 1.807) is 9.47 Å². The summed E-state index contributed by atoms with van der Waals surface area (Å²) in [7, 11) is 0. The SMILES string of the molecule is Nc1ncnc2c1ncn2Cc1cc(-c2ccc(F)c(F)c2F)ncc1N1CCCC(N)([C@H](O)C(F)F)C1. The molecular formula is C24H23F5N8O. The number of pyridine rings is 1. The molecule has 4 heterocycles. The Hall–Kier alpha value is -3.91. The molecule has 1 saturated heterocycles. The number of halogens is 5. The molecule has 0 radical (unpaired) electrons. The number of aromatic nitrogens is 5. The lowest BCUT2D eigenvalue weighted by Crippen LogP contribution is -2.63. The summed E-state index contributed by atoms with van der Waals surface area (Å²) in [5.41, 5.74) is 12.0. The molecule has 9 nitrogen and oxygen atoms in total. The summed E-state index contributed by atoms with van der Waals surface area (Å²) in [6, 6.07) is 3.36. The third-order valence-corrected chi connectivity index (χ3v) is 6.77. The van der Waals surface area contributed by atoms with Gasteiger partial charge in [0.15, 0.2) is 28.9 Å². The van der Waals surface area contributed by atoms with Crippen LogP contribution in [0.25, 0.3) is 22.4 Å². The number of hydrogen-bond donors (Lipinski definition) is 3. The molecule has 0 aliphatic carbocycles. The molecule has 0 saturated carbocycles. The number of alkyl halides is 2. The van der Waals surface area contributed by atoms with E-state index in [9.17, 15) is 27.1 Å². The Labute approximate surface area is 213 Å². The summed E-state index contributed by atoms with van der Waals surface area (Å²) in [5, 5.41) is 10.1. The van der Waals surface area contributed by atoms with Crippen molar-refractivity contribution in [1.82, 2.24) is 24.5 Å². The normalized spacial score (nSPS) is 18.9. The van der Waals surface area contributed by atoms with Crippen molar-refractivity contribution in [2.75, 3.05) is 23.7 Å². The zero-order valence-electron chi connectivity index (χ0n) is 19.8. The van der Waals surface area contributed by atoms with Crippen LogP contribution in [-0.2, 0) is 6.54 Å². The van der Waals surface area contributed by atoms with Gasteiger partial charge >= 0.3 is 0 Å². The van der Waals surface area contributed by atoms with Gasteiger partial charge in [-0.05, 0) is 36.6 Å². The minimum Gasteiger partial charge on any atom is -0.385 e. The second kappa shape index (κ2) is 9.76. The van der Waals surface area contributed by atoms with Crippen LogP contribution in [0.1, 0.15) is 18.4 Å². The fourth-order valence-electron chi connectivity index (χ4n) is 4.78. The highest BCUT2D eigenvalue weighted by Gasteiger charge is 2.43. The molecule has 1 unspecified atom stereocenters. The molecule has 38 heavy (non-hydrogen) atoms. The Balaban J connectivity index is 1.60. The van der Waals surface area contributed by atoms with E-state index in [1.165, 1.54) is 24.9 Å². The molecule has 1 aromatic carbocycles. The lowest BCUT2D eigenvalue weighted by Gasteiger charge is -2.44. The molecule has 200 valence electrons. The Kier molecular flexibility index (Phi) is 6.61. The molecule has 5 rings (SSSR count). The summed E-state index contributed by atoms with van der Waals surface area (Å²) in [6.07, 6.45) is -0.358. The van der Waals surface area contributed by atoms with Gasteiger partial charge in [0.1, 0.15) is 17.9 Å². The fraction of sp³-hybridized carbons (Fsp3) is 0.333. The van der Waals surface area contributed by atoms with E-state index in [0.717, 1.165) is 12.1 Å². The first-order valence-electron chi connectivity index (χ1n) is 11.6. The highest BCUT2D eigenvalue weighted by atomic mass is 19.3. The number of aliphatic hydroxyl groups excluding tert-OH is 1. The quantitative estimate of drug-likeness (QED) is 0.254. The Bertz CT molecular complexity index is 1500. The first kappa shape index (κ1) is 25.7. The van der Waals surface area contributed by atoms with Gasteiger partial charge in [0.25, 0.3) is 6.43 Å². The molecule has 1 aliphatic rings. The number of benzene rings is 1. The van der Waals surface area contributed by atoms with Crippen LogP contribution in [0.3, 0.4) is 0 Å². The molecular weight excluding hydrogens is 511 g/mol. The van der Waals surface area contributed by atoms with Crippen LogP contribution in [0.15, 0.2) is 37.1 Å². The number of hydrogen-bond acceptors (Lipinski definition) is 8. The number of rotatable bonds is 6. The van der Waals surface area contributed by atoms with Crippen molar-refractivity contribution >= 4 is 22.7 Å². The van der Waals surface area contributed by atoms with Gasteiger partial charge in [-0.25, -0.2) is 36.9 Å². The summed E-state index contributed by atoms with van der Waals surface area (Å²) in [4.78, 5) is 18.3. The molecule has 1 aliphatic heterocycles. The minimum atomic E-state index is -3.03. The maximum atomic E-state index is 14.6. The van der Waals surface area contributed by atoms with E-state index in [4.69, 9.17) is 11.5 Å². The fourth-order valence-corrected chi connectivity index (χ4v) is 4.78. The molecule has 14 heteroatoms. The number of aliphatic hydroxyl groups is 1. The number of nitrogens with two attached hydrogens (primary N) is 2. The lowest BCUT2D eigenvalue weighted by molar-refractivity contribution is -0.0529. The van der Waals surface area contributed by atoms with Gasteiger partial charge in [-0.2, -0.15) is 0 Å². The molecule has 4 aromatic rings. The molecule has 0 amide bonds. The highest BCUT2D eigenvalue weighted by Crippen LogP contribution is 2.34. The predicted molar refractivity (Wildman–Crippen MR) is 129 cm³/mol. The average Bonchev–Trinajstić information content (AvgIpc) is 3.31. The smallest absolute Gasteiger partial charge is 0.265 e. The van der Waals surface area contributed by atoms with Crippen LogP contribution >= 0.6 is 0 Å². The van der Waals surface area contributed by atoms with E-state index < -0.39 is 35.5 Å². The van der Waals surface area contributed by atoms with Gasteiger partial charge in [-0.3, -0.25) is 4.98 Å². The number of nitrogen functional groups attached to an aromatic ring is 1. The Morgan fingerprint density at radius 1 is 1.08 bits per heavy atom. The van der Waals surface area contributed by atoms with E-state index in [1.807, 2.05) is 0 Å². The molecule has 5 N–H and O–H groups in total. The minimum absolute atomic E-state index is 0.0161.